The number of fused-ring (bicyclic) bond motifs is 4. The van der Waals surface area contributed by atoms with Crippen LogP contribution >= 0.6 is 0 Å². The van der Waals surface area contributed by atoms with Crippen molar-refractivity contribution in [1.82, 2.24) is 9.88 Å². The fourth-order valence-corrected chi connectivity index (χ4v) is 10.9. The van der Waals surface area contributed by atoms with E-state index in [9.17, 15) is 19.5 Å². The van der Waals surface area contributed by atoms with Gasteiger partial charge in [0.1, 0.15) is 0 Å². The van der Waals surface area contributed by atoms with Crippen molar-refractivity contribution in [3.63, 3.8) is 0 Å². The molecular weight excluding hydrogens is 628 g/mol. The van der Waals surface area contributed by atoms with Crippen LogP contribution in [0.5, 0.6) is 0 Å². The Morgan fingerprint density at radius 2 is 1.83 bits per heavy atom. The summed E-state index contributed by atoms with van der Waals surface area (Å²) in [4.78, 5) is 47.8. The molecular formula is C37H41FN4O5Si. The molecule has 3 aromatic carbocycles. The number of nitrogens with one attached hydrogen (secondary N) is 2. The molecule has 0 radical (unpaired) electrons. The summed E-state index contributed by atoms with van der Waals surface area (Å²) < 4.78 is 23.1. The Kier molecular flexibility index (Phi) is 8.04. The van der Waals surface area contributed by atoms with Crippen molar-refractivity contribution in [3.8, 4) is 0 Å². The number of halogens is 1. The topological polar surface area (TPSA) is 115 Å². The maximum Gasteiger partial charge on any atom is 0.264 e. The van der Waals surface area contributed by atoms with Crippen molar-refractivity contribution in [2.75, 3.05) is 23.9 Å². The number of aromatic nitrogens is 1. The number of amides is 3. The number of anilines is 2. The van der Waals surface area contributed by atoms with Gasteiger partial charge in [-0.3, -0.25) is 14.4 Å². The SMILES string of the molecule is C[C@H]1[C@H]([Si](C)(C)F)[C@@H](CC(=O)N2Cc3ccccc3C[C@H]2CO)O[C@]12C(=O)N(C)c1ccc(NC(=O)Cc3c[nH]c4ccccc34)cc12. The molecule has 250 valence electrons. The normalized spacial score (nSPS) is 25.1. The van der Waals surface area contributed by atoms with Crippen LogP contribution < -0.4 is 10.2 Å². The predicted octanol–water partition coefficient (Wildman–Crippen LogP) is 5.44. The van der Waals surface area contributed by atoms with Gasteiger partial charge in [0.2, 0.25) is 20.2 Å². The van der Waals surface area contributed by atoms with Gasteiger partial charge in [-0.1, -0.05) is 49.4 Å². The summed E-state index contributed by atoms with van der Waals surface area (Å²) in [6, 6.07) is 20.6. The highest BCUT2D eigenvalue weighted by Gasteiger charge is 2.66. The van der Waals surface area contributed by atoms with E-state index >= 15 is 4.11 Å². The minimum absolute atomic E-state index is 0.108. The first kappa shape index (κ1) is 32.2. The van der Waals surface area contributed by atoms with Crippen LogP contribution in [-0.2, 0) is 44.1 Å². The number of ether oxygens (including phenoxy) is 1. The lowest BCUT2D eigenvalue weighted by Gasteiger charge is -2.37. The van der Waals surface area contributed by atoms with E-state index < -0.39 is 37.6 Å². The van der Waals surface area contributed by atoms with Crippen LogP contribution in [0.15, 0.2) is 72.9 Å². The Morgan fingerprint density at radius 3 is 2.58 bits per heavy atom. The molecule has 3 aliphatic rings. The van der Waals surface area contributed by atoms with Crippen molar-refractivity contribution in [3.05, 3.63) is 95.2 Å². The van der Waals surface area contributed by atoms with Crippen LogP contribution in [0, 0.1) is 5.92 Å². The highest BCUT2D eigenvalue weighted by atomic mass is 28.4. The van der Waals surface area contributed by atoms with Gasteiger partial charge in [-0.15, -0.1) is 0 Å². The van der Waals surface area contributed by atoms with E-state index in [1.807, 2.05) is 61.7 Å². The molecule has 1 fully saturated rings. The van der Waals surface area contributed by atoms with Crippen LogP contribution in [0.4, 0.5) is 15.5 Å². The first-order chi connectivity index (χ1) is 22.9. The van der Waals surface area contributed by atoms with Crippen LogP contribution in [0.1, 0.15) is 35.6 Å². The summed E-state index contributed by atoms with van der Waals surface area (Å²) in [5.74, 6) is -1.35. The fourth-order valence-electron chi connectivity index (χ4n) is 8.42. The minimum Gasteiger partial charge on any atom is -0.394 e. The summed E-state index contributed by atoms with van der Waals surface area (Å²) >= 11 is 0. The van der Waals surface area contributed by atoms with E-state index in [4.69, 9.17) is 4.74 Å². The monoisotopic (exact) mass is 668 g/mol. The molecule has 1 spiro atoms. The number of hydrogen-bond acceptors (Lipinski definition) is 5. The lowest BCUT2D eigenvalue weighted by molar-refractivity contribution is -0.150. The molecule has 3 N–H and O–H groups in total. The molecule has 3 aliphatic heterocycles. The third-order valence-corrected chi connectivity index (χ3v) is 13.1. The highest BCUT2D eigenvalue weighted by molar-refractivity contribution is 6.72. The summed E-state index contributed by atoms with van der Waals surface area (Å²) in [5, 5.41) is 14.2. The molecule has 1 saturated heterocycles. The molecule has 3 amide bonds. The second-order valence-electron chi connectivity index (χ2n) is 14.0. The maximum atomic E-state index is 16.3. The van der Waals surface area contributed by atoms with Crippen molar-refractivity contribution in [2.24, 2.45) is 5.92 Å². The average Bonchev–Trinajstić information content (AvgIpc) is 3.67. The zero-order valence-electron chi connectivity index (χ0n) is 27.6. The first-order valence-corrected chi connectivity index (χ1v) is 19.5. The quantitative estimate of drug-likeness (QED) is 0.179. The molecule has 11 heteroatoms. The number of aromatic amines is 1. The van der Waals surface area contributed by atoms with E-state index in [0.717, 1.165) is 27.6 Å². The zero-order valence-corrected chi connectivity index (χ0v) is 28.6. The number of nitrogens with zero attached hydrogens (tertiary/aromatic N) is 2. The molecule has 1 aromatic heterocycles. The molecule has 4 heterocycles. The molecule has 0 aliphatic carbocycles. The smallest absolute Gasteiger partial charge is 0.264 e. The van der Waals surface area contributed by atoms with Crippen molar-refractivity contribution in [2.45, 2.75) is 69.1 Å². The van der Waals surface area contributed by atoms with Crippen LogP contribution in [0.2, 0.25) is 18.6 Å². The highest BCUT2D eigenvalue weighted by Crippen LogP contribution is 2.60. The van der Waals surface area contributed by atoms with Gasteiger partial charge >= 0.3 is 0 Å². The van der Waals surface area contributed by atoms with Crippen LogP contribution in [0.25, 0.3) is 10.9 Å². The Balaban J connectivity index is 1.17. The van der Waals surface area contributed by atoms with Gasteiger partial charge < -0.3 is 34.1 Å². The number of benzene rings is 3. The second kappa shape index (κ2) is 12.0. The van der Waals surface area contributed by atoms with Crippen LogP contribution in [-0.4, -0.2) is 66.9 Å². The zero-order chi connectivity index (χ0) is 34.0. The second-order valence-corrected chi connectivity index (χ2v) is 17.8. The van der Waals surface area contributed by atoms with E-state index in [1.54, 1.807) is 43.2 Å². The Labute approximate surface area is 280 Å². The lowest BCUT2D eigenvalue weighted by Crippen LogP contribution is -2.48. The number of H-pyrrole nitrogens is 1. The molecule has 5 atom stereocenters. The third kappa shape index (κ3) is 5.24. The lowest BCUT2D eigenvalue weighted by atomic mass is 9.82. The van der Waals surface area contributed by atoms with E-state index in [0.29, 0.717) is 29.9 Å². The number of carbonyl (C=O) groups excluding carboxylic acids is 3. The van der Waals surface area contributed by atoms with Crippen LogP contribution in [0.3, 0.4) is 0 Å². The van der Waals surface area contributed by atoms with Gasteiger partial charge in [0.15, 0.2) is 5.60 Å². The van der Waals surface area contributed by atoms with Gasteiger partial charge in [0.05, 0.1) is 37.3 Å². The number of para-hydroxylation sites is 1. The molecule has 7 rings (SSSR count). The van der Waals surface area contributed by atoms with Gasteiger partial charge in [0.25, 0.3) is 5.91 Å². The molecule has 0 unspecified atom stereocenters. The number of aliphatic hydroxyl groups is 1. The third-order valence-electron chi connectivity index (χ3n) is 10.7. The Morgan fingerprint density at radius 1 is 1.10 bits per heavy atom. The average molecular weight is 669 g/mol. The fraction of sp³-hybridized carbons (Fsp3) is 0.378. The number of aliphatic hydroxyl groups excluding tert-OH is 1. The molecule has 4 aromatic rings. The number of likely N-dealkylation sites (N-methyl/N-ethyl adjacent to an activating group) is 1. The summed E-state index contributed by atoms with van der Waals surface area (Å²) in [6.45, 7) is 5.21. The van der Waals surface area contributed by atoms with Gasteiger partial charge in [0, 0.05) is 53.4 Å². The number of carbonyl (C=O) groups is 3. The maximum absolute atomic E-state index is 16.3. The summed E-state index contributed by atoms with van der Waals surface area (Å²) in [5.41, 5.74) is 3.45. The Bertz CT molecular complexity index is 1920. The van der Waals surface area contributed by atoms with Crippen molar-refractivity contribution < 1.29 is 28.3 Å². The van der Waals surface area contributed by atoms with Crippen molar-refractivity contribution >= 4 is 48.4 Å². The largest absolute Gasteiger partial charge is 0.394 e. The van der Waals surface area contributed by atoms with Gasteiger partial charge in [-0.2, -0.15) is 0 Å². The molecule has 9 nitrogen and oxygen atoms in total. The minimum atomic E-state index is -3.50. The number of rotatable bonds is 7. The van der Waals surface area contributed by atoms with E-state index in [2.05, 4.69) is 10.3 Å². The summed E-state index contributed by atoms with van der Waals surface area (Å²) in [7, 11) is -1.83. The van der Waals surface area contributed by atoms with E-state index in [-0.39, 0.29) is 37.2 Å². The first-order valence-electron chi connectivity index (χ1n) is 16.5. The van der Waals surface area contributed by atoms with Gasteiger partial charge in [-0.25, -0.2) is 0 Å². The molecule has 0 saturated carbocycles. The van der Waals surface area contributed by atoms with E-state index in [1.165, 1.54) is 4.90 Å². The molecule has 48 heavy (non-hydrogen) atoms. The Hall–Kier alpha value is -4.32. The van der Waals surface area contributed by atoms with Gasteiger partial charge in [-0.05, 0) is 60.5 Å². The summed E-state index contributed by atoms with van der Waals surface area (Å²) in [6.07, 6.45) is 1.56. The number of hydrogen-bond donors (Lipinski definition) is 3. The predicted molar refractivity (Wildman–Crippen MR) is 185 cm³/mol. The molecule has 0 bridgehead atoms. The standard InChI is InChI=1S/C37H41FN4O5Si/c1-22-35(48(3,4)38)32(18-34(45)42-20-24-10-6-5-9-23(24)15-27(42)21-43)47-37(22)29-17-26(13-14-31(29)41(2)36(37)46)40-33(44)16-25-19-39-30-12-8-7-11-28(25)30/h5-14,17,19,22,27,32,35,39,43H,15-16,18,20-21H2,1-4H3,(H,40,44)/t22-,27-,32+,35-,37+/m0/s1. The van der Waals surface area contributed by atoms with Crippen molar-refractivity contribution in [1.29, 1.82) is 0 Å².